The van der Waals surface area contributed by atoms with Gasteiger partial charge in [-0.2, -0.15) is 0 Å². The molecule has 78 valence electrons. The van der Waals surface area contributed by atoms with E-state index in [1.165, 1.54) is 0 Å². The van der Waals surface area contributed by atoms with Gasteiger partial charge in [0, 0.05) is 11.3 Å². The third-order valence-corrected chi connectivity index (χ3v) is 2.59. The van der Waals surface area contributed by atoms with Crippen LogP contribution in [0, 0.1) is 10.1 Å². The van der Waals surface area contributed by atoms with Crippen molar-refractivity contribution in [2.45, 2.75) is 18.5 Å². The van der Waals surface area contributed by atoms with E-state index in [0.717, 1.165) is 5.56 Å². The molecule has 0 bridgehead atoms. The predicted octanol–water partition coefficient (Wildman–Crippen LogP) is 1.88. The monoisotopic (exact) mass is 204 g/mol. The molecule has 0 fully saturated rings. The van der Waals surface area contributed by atoms with Crippen LogP contribution in [0.3, 0.4) is 0 Å². The highest BCUT2D eigenvalue weighted by Crippen LogP contribution is 2.23. The van der Waals surface area contributed by atoms with Crippen molar-refractivity contribution in [1.82, 2.24) is 5.32 Å². The average molecular weight is 204 g/mol. The Hall–Kier alpha value is -1.84. The average Bonchev–Trinajstić information content (AvgIpc) is 2.30. The van der Waals surface area contributed by atoms with Crippen molar-refractivity contribution in [3.63, 3.8) is 0 Å². The second-order valence-electron chi connectivity index (χ2n) is 3.55. The largest absolute Gasteiger partial charge is 0.378 e. The van der Waals surface area contributed by atoms with Gasteiger partial charge in [-0.1, -0.05) is 36.4 Å². The third kappa shape index (κ3) is 1.98. The molecule has 4 heteroatoms. The third-order valence-electron chi connectivity index (χ3n) is 2.59. The summed E-state index contributed by atoms with van der Waals surface area (Å²) in [6.07, 6.45) is 4.07. The maximum absolute atomic E-state index is 10.9. The Morgan fingerprint density at radius 3 is 2.73 bits per heavy atom. The van der Waals surface area contributed by atoms with Gasteiger partial charge in [0.05, 0.1) is 0 Å². The summed E-state index contributed by atoms with van der Waals surface area (Å²) in [7, 11) is 0. The highest BCUT2D eigenvalue weighted by molar-refractivity contribution is 5.22. The van der Waals surface area contributed by atoms with Crippen molar-refractivity contribution in [3.8, 4) is 0 Å². The van der Waals surface area contributed by atoms with Crippen LogP contribution in [0.5, 0.6) is 0 Å². The van der Waals surface area contributed by atoms with E-state index >= 15 is 0 Å². The number of nitrogens with one attached hydrogen (secondary N) is 1. The summed E-state index contributed by atoms with van der Waals surface area (Å²) in [5.41, 5.74) is 0.962. The Kier molecular flexibility index (Phi) is 2.67. The Labute approximate surface area is 87.8 Å². The van der Waals surface area contributed by atoms with Gasteiger partial charge in [0.2, 0.25) is 6.04 Å². The summed E-state index contributed by atoms with van der Waals surface area (Å²) in [4.78, 5) is 10.7. The lowest BCUT2D eigenvalue weighted by atomic mass is 9.95. The normalized spacial score (nSPS) is 24.5. The van der Waals surface area contributed by atoms with Gasteiger partial charge in [-0.15, -0.1) is 0 Å². The molecule has 0 aromatic heterocycles. The van der Waals surface area contributed by atoms with Gasteiger partial charge in [0.1, 0.15) is 6.04 Å². The van der Waals surface area contributed by atoms with Crippen molar-refractivity contribution in [2.24, 2.45) is 0 Å². The number of benzene rings is 1. The molecular formula is C11H12N2O2. The molecule has 1 aliphatic heterocycles. The first kappa shape index (κ1) is 9.71. The molecule has 15 heavy (non-hydrogen) atoms. The van der Waals surface area contributed by atoms with Crippen LogP contribution in [-0.4, -0.2) is 11.0 Å². The lowest BCUT2D eigenvalue weighted by molar-refractivity contribution is -0.527. The van der Waals surface area contributed by atoms with E-state index in [4.69, 9.17) is 0 Å². The number of nitrogens with zero attached hydrogens (tertiary/aromatic N) is 1. The quantitative estimate of drug-likeness (QED) is 0.591. The van der Waals surface area contributed by atoms with Crippen molar-refractivity contribution >= 4 is 0 Å². The van der Waals surface area contributed by atoms with Gasteiger partial charge in [0.15, 0.2) is 0 Å². The minimum Gasteiger partial charge on any atom is -0.378 e. The first-order valence-electron chi connectivity index (χ1n) is 4.88. The van der Waals surface area contributed by atoms with Crippen LogP contribution in [0.4, 0.5) is 0 Å². The van der Waals surface area contributed by atoms with Crippen LogP contribution in [0.25, 0.3) is 0 Å². The van der Waals surface area contributed by atoms with E-state index in [9.17, 15) is 10.1 Å². The molecule has 1 heterocycles. The number of nitro groups is 1. The Bertz CT molecular complexity index is 375. The van der Waals surface area contributed by atoms with Gasteiger partial charge < -0.3 is 5.32 Å². The van der Waals surface area contributed by atoms with Crippen LogP contribution in [0.2, 0.25) is 0 Å². The number of hydrogen-bond donors (Lipinski definition) is 1. The fourth-order valence-corrected chi connectivity index (χ4v) is 1.81. The van der Waals surface area contributed by atoms with Crippen molar-refractivity contribution < 1.29 is 4.92 Å². The van der Waals surface area contributed by atoms with Crippen LogP contribution < -0.4 is 5.32 Å². The minimum atomic E-state index is -0.572. The van der Waals surface area contributed by atoms with E-state index in [1.807, 2.05) is 30.3 Å². The van der Waals surface area contributed by atoms with E-state index in [1.54, 1.807) is 12.3 Å². The summed E-state index contributed by atoms with van der Waals surface area (Å²) in [6.45, 7) is 0. The molecule has 1 N–H and O–H groups in total. The molecule has 1 aromatic carbocycles. The first-order chi connectivity index (χ1) is 7.29. The topological polar surface area (TPSA) is 55.2 Å². The fourth-order valence-electron chi connectivity index (χ4n) is 1.81. The maximum Gasteiger partial charge on any atom is 0.240 e. The van der Waals surface area contributed by atoms with Gasteiger partial charge in [-0.3, -0.25) is 10.1 Å². The molecule has 0 saturated carbocycles. The van der Waals surface area contributed by atoms with Crippen molar-refractivity contribution in [2.75, 3.05) is 0 Å². The first-order valence-corrected chi connectivity index (χ1v) is 4.88. The fraction of sp³-hybridized carbons (Fsp3) is 0.273. The Morgan fingerprint density at radius 2 is 2.07 bits per heavy atom. The van der Waals surface area contributed by atoms with Crippen LogP contribution in [0.1, 0.15) is 18.0 Å². The summed E-state index contributed by atoms with van der Waals surface area (Å²) >= 11 is 0. The Balaban J connectivity index is 2.27. The highest BCUT2D eigenvalue weighted by Gasteiger charge is 2.32. The van der Waals surface area contributed by atoms with Gasteiger partial charge >= 0.3 is 0 Å². The van der Waals surface area contributed by atoms with E-state index in [0.29, 0.717) is 6.42 Å². The van der Waals surface area contributed by atoms with Crippen LogP contribution >= 0.6 is 0 Å². The smallest absolute Gasteiger partial charge is 0.240 e. The molecule has 0 radical (unpaired) electrons. The number of hydrogen-bond acceptors (Lipinski definition) is 3. The minimum absolute atomic E-state index is 0.214. The van der Waals surface area contributed by atoms with Crippen molar-refractivity contribution in [3.05, 3.63) is 58.3 Å². The SMILES string of the molecule is O=[N+]([O-])[C@@H]1CC=CN[C@@H]1c1ccccc1. The predicted molar refractivity (Wildman–Crippen MR) is 56.9 cm³/mol. The molecule has 0 spiro atoms. The van der Waals surface area contributed by atoms with Crippen LogP contribution in [-0.2, 0) is 0 Å². The number of rotatable bonds is 2. The second-order valence-corrected chi connectivity index (χ2v) is 3.55. The van der Waals surface area contributed by atoms with E-state index < -0.39 is 6.04 Å². The molecular weight excluding hydrogens is 192 g/mol. The lowest BCUT2D eigenvalue weighted by Crippen LogP contribution is -2.37. The Morgan fingerprint density at radius 1 is 1.33 bits per heavy atom. The highest BCUT2D eigenvalue weighted by atomic mass is 16.6. The molecule has 0 saturated heterocycles. The molecule has 1 aliphatic rings. The summed E-state index contributed by atoms with van der Waals surface area (Å²) < 4.78 is 0. The molecule has 1 aromatic rings. The summed E-state index contributed by atoms with van der Waals surface area (Å²) in [5.74, 6) is 0. The van der Waals surface area contributed by atoms with E-state index in [-0.39, 0.29) is 11.0 Å². The summed E-state index contributed by atoms with van der Waals surface area (Å²) in [6, 6.07) is 8.73. The summed E-state index contributed by atoms with van der Waals surface area (Å²) in [5, 5.41) is 13.9. The lowest BCUT2D eigenvalue weighted by Gasteiger charge is -2.23. The zero-order valence-corrected chi connectivity index (χ0v) is 8.17. The second kappa shape index (κ2) is 4.13. The standard InChI is InChI=1S/C11H12N2O2/c14-13(15)10-7-4-8-12-11(10)9-5-2-1-3-6-9/h1-6,8,10-12H,7H2/t10-,11-/m1/s1. The molecule has 0 amide bonds. The van der Waals surface area contributed by atoms with E-state index in [2.05, 4.69) is 5.32 Å². The van der Waals surface area contributed by atoms with Gasteiger partial charge in [-0.05, 0) is 11.8 Å². The molecule has 0 aliphatic carbocycles. The molecule has 0 unspecified atom stereocenters. The van der Waals surface area contributed by atoms with Gasteiger partial charge in [-0.25, -0.2) is 0 Å². The zero-order valence-electron chi connectivity index (χ0n) is 8.17. The van der Waals surface area contributed by atoms with Crippen molar-refractivity contribution in [1.29, 1.82) is 0 Å². The molecule has 4 nitrogen and oxygen atoms in total. The van der Waals surface area contributed by atoms with Crippen LogP contribution in [0.15, 0.2) is 42.6 Å². The molecule has 2 rings (SSSR count). The zero-order chi connectivity index (χ0) is 10.7. The maximum atomic E-state index is 10.9. The van der Waals surface area contributed by atoms with Gasteiger partial charge in [0.25, 0.3) is 0 Å². The molecule has 2 atom stereocenters.